The average Bonchev–Trinajstić information content (AvgIpc) is 2.69. The fourth-order valence-electron chi connectivity index (χ4n) is 2.26. The molecule has 26 heavy (non-hydrogen) atoms. The van der Waals surface area contributed by atoms with Crippen molar-refractivity contribution in [3.63, 3.8) is 0 Å². The molecule has 0 unspecified atom stereocenters. The van der Waals surface area contributed by atoms with Crippen molar-refractivity contribution >= 4 is 0 Å². The average molecular weight is 362 g/mol. The number of benzene rings is 2. The quantitative estimate of drug-likeness (QED) is 0.532. The summed E-state index contributed by atoms with van der Waals surface area (Å²) in [7, 11) is 0. The van der Waals surface area contributed by atoms with Crippen molar-refractivity contribution in [3.05, 3.63) is 48.5 Å². The molecule has 0 saturated carbocycles. The highest BCUT2D eigenvalue weighted by Gasteiger charge is 2.01. The first-order valence-corrected chi connectivity index (χ1v) is 8.67. The van der Waals surface area contributed by atoms with E-state index >= 15 is 0 Å². The molecular formula is C20H26O6. The van der Waals surface area contributed by atoms with E-state index in [9.17, 15) is 0 Å². The maximum atomic E-state index is 8.62. The van der Waals surface area contributed by atoms with E-state index < -0.39 is 0 Å². The van der Waals surface area contributed by atoms with Crippen molar-refractivity contribution in [1.82, 2.24) is 0 Å². The summed E-state index contributed by atoms with van der Waals surface area (Å²) in [5.74, 6) is 1.56. The lowest BCUT2D eigenvalue weighted by Gasteiger charge is -2.09. The molecule has 0 aliphatic carbocycles. The third-order valence-corrected chi connectivity index (χ3v) is 3.51. The summed E-state index contributed by atoms with van der Waals surface area (Å²) in [4.78, 5) is 0. The smallest absolute Gasteiger partial charge is 0.119 e. The number of rotatable bonds is 13. The first-order valence-electron chi connectivity index (χ1n) is 8.67. The Balaban J connectivity index is 1.77. The van der Waals surface area contributed by atoms with Crippen LogP contribution in [-0.4, -0.2) is 63.1 Å². The molecule has 2 rings (SSSR count). The zero-order chi connectivity index (χ0) is 18.5. The van der Waals surface area contributed by atoms with Gasteiger partial charge in [0.05, 0.1) is 39.6 Å². The van der Waals surface area contributed by atoms with Crippen LogP contribution in [0.25, 0.3) is 11.1 Å². The summed E-state index contributed by atoms with van der Waals surface area (Å²) in [6.45, 7) is 2.52. The Morgan fingerprint density at radius 2 is 0.885 bits per heavy atom. The maximum Gasteiger partial charge on any atom is 0.119 e. The summed E-state index contributed by atoms with van der Waals surface area (Å²) in [6, 6.07) is 15.7. The zero-order valence-electron chi connectivity index (χ0n) is 14.8. The summed E-state index contributed by atoms with van der Waals surface area (Å²) >= 11 is 0. The van der Waals surface area contributed by atoms with Crippen LogP contribution in [0, 0.1) is 0 Å². The van der Waals surface area contributed by atoms with Gasteiger partial charge in [0.1, 0.15) is 24.7 Å². The molecule has 0 aliphatic heterocycles. The minimum Gasteiger partial charge on any atom is -0.491 e. The lowest BCUT2D eigenvalue weighted by Crippen LogP contribution is -2.09. The van der Waals surface area contributed by atoms with Crippen LogP contribution < -0.4 is 9.47 Å². The van der Waals surface area contributed by atoms with Crippen LogP contribution in [0.15, 0.2) is 48.5 Å². The molecule has 6 heteroatoms. The van der Waals surface area contributed by atoms with Gasteiger partial charge in [0.15, 0.2) is 0 Å². The van der Waals surface area contributed by atoms with Gasteiger partial charge in [0.2, 0.25) is 0 Å². The van der Waals surface area contributed by atoms with E-state index in [1.165, 1.54) is 0 Å². The van der Waals surface area contributed by atoms with Crippen LogP contribution in [0.3, 0.4) is 0 Å². The van der Waals surface area contributed by atoms with Gasteiger partial charge in [-0.3, -0.25) is 0 Å². The van der Waals surface area contributed by atoms with Crippen molar-refractivity contribution in [1.29, 1.82) is 0 Å². The van der Waals surface area contributed by atoms with Gasteiger partial charge in [-0.2, -0.15) is 0 Å². The Bertz CT molecular complexity index is 541. The van der Waals surface area contributed by atoms with Gasteiger partial charge < -0.3 is 29.2 Å². The standard InChI is InChI=1S/C20H26O6/c21-9-11-23-13-15-25-19-5-1-17(2-6-19)18-3-7-20(8-4-18)26-16-14-24-12-10-22/h1-8,21-22H,9-16H2. The molecule has 0 spiro atoms. The van der Waals surface area contributed by atoms with E-state index in [2.05, 4.69) is 0 Å². The summed E-state index contributed by atoms with van der Waals surface area (Å²) in [6.07, 6.45) is 0. The molecule has 0 aliphatic rings. The fourth-order valence-corrected chi connectivity index (χ4v) is 2.26. The van der Waals surface area contributed by atoms with E-state index in [0.717, 1.165) is 22.6 Å². The third kappa shape index (κ3) is 7.41. The SMILES string of the molecule is OCCOCCOc1ccc(-c2ccc(OCCOCCO)cc2)cc1. The van der Waals surface area contributed by atoms with Crippen LogP contribution in [0.4, 0.5) is 0 Å². The van der Waals surface area contributed by atoms with Crippen LogP contribution in [0.5, 0.6) is 11.5 Å². The predicted octanol–water partition coefficient (Wildman–Crippen LogP) is 2.13. The number of aliphatic hydroxyl groups excluding tert-OH is 2. The number of hydrogen-bond donors (Lipinski definition) is 2. The zero-order valence-corrected chi connectivity index (χ0v) is 14.8. The molecule has 2 aromatic carbocycles. The minimum atomic E-state index is 0.0238. The van der Waals surface area contributed by atoms with Crippen LogP contribution in [0.1, 0.15) is 0 Å². The molecule has 0 aromatic heterocycles. The molecule has 0 amide bonds. The first kappa shape index (κ1) is 20.2. The Kier molecular flexibility index (Phi) is 9.53. The van der Waals surface area contributed by atoms with Gasteiger partial charge in [0.25, 0.3) is 0 Å². The highest BCUT2D eigenvalue weighted by atomic mass is 16.5. The second-order valence-electron chi connectivity index (χ2n) is 5.42. The Hall–Kier alpha value is -2.12. The van der Waals surface area contributed by atoms with Gasteiger partial charge >= 0.3 is 0 Å². The molecule has 2 aromatic rings. The van der Waals surface area contributed by atoms with E-state index in [-0.39, 0.29) is 13.2 Å². The number of ether oxygens (including phenoxy) is 4. The van der Waals surface area contributed by atoms with Crippen molar-refractivity contribution < 1.29 is 29.2 Å². The molecular weight excluding hydrogens is 336 g/mol. The first-order chi connectivity index (χ1) is 12.8. The Morgan fingerprint density at radius 1 is 0.500 bits per heavy atom. The van der Waals surface area contributed by atoms with Crippen LogP contribution in [0.2, 0.25) is 0 Å². The van der Waals surface area contributed by atoms with Crippen LogP contribution >= 0.6 is 0 Å². The Morgan fingerprint density at radius 3 is 1.23 bits per heavy atom. The second kappa shape index (κ2) is 12.3. The van der Waals surface area contributed by atoms with Gasteiger partial charge in [-0.25, -0.2) is 0 Å². The third-order valence-electron chi connectivity index (χ3n) is 3.51. The molecule has 142 valence electrons. The number of hydrogen-bond acceptors (Lipinski definition) is 6. The topological polar surface area (TPSA) is 77.4 Å². The van der Waals surface area contributed by atoms with E-state index in [1.54, 1.807) is 0 Å². The highest BCUT2D eigenvalue weighted by Crippen LogP contribution is 2.24. The monoisotopic (exact) mass is 362 g/mol. The van der Waals surface area contributed by atoms with Crippen LogP contribution in [-0.2, 0) is 9.47 Å². The highest BCUT2D eigenvalue weighted by molar-refractivity contribution is 5.64. The largest absolute Gasteiger partial charge is 0.491 e. The van der Waals surface area contributed by atoms with Gasteiger partial charge in [-0.05, 0) is 35.4 Å². The predicted molar refractivity (Wildman–Crippen MR) is 98.7 cm³/mol. The minimum absolute atomic E-state index is 0.0238. The van der Waals surface area contributed by atoms with Gasteiger partial charge in [-0.1, -0.05) is 24.3 Å². The lowest BCUT2D eigenvalue weighted by atomic mass is 10.1. The van der Waals surface area contributed by atoms with E-state index in [1.807, 2.05) is 48.5 Å². The summed E-state index contributed by atoms with van der Waals surface area (Å²) < 4.78 is 21.5. The number of aliphatic hydroxyl groups is 2. The van der Waals surface area contributed by atoms with Crippen molar-refractivity contribution in [2.75, 3.05) is 52.9 Å². The second-order valence-corrected chi connectivity index (χ2v) is 5.42. The summed E-state index contributed by atoms with van der Waals surface area (Å²) in [5, 5.41) is 17.2. The van der Waals surface area contributed by atoms with Crippen molar-refractivity contribution in [2.45, 2.75) is 0 Å². The summed E-state index contributed by atoms with van der Waals surface area (Å²) in [5.41, 5.74) is 2.18. The van der Waals surface area contributed by atoms with E-state index in [4.69, 9.17) is 29.2 Å². The molecule has 6 nitrogen and oxygen atoms in total. The fraction of sp³-hybridized carbons (Fsp3) is 0.400. The molecule has 0 fully saturated rings. The van der Waals surface area contributed by atoms with Crippen molar-refractivity contribution in [2.24, 2.45) is 0 Å². The van der Waals surface area contributed by atoms with E-state index in [0.29, 0.717) is 39.6 Å². The Labute approximate surface area is 153 Å². The molecule has 0 heterocycles. The van der Waals surface area contributed by atoms with Gasteiger partial charge in [-0.15, -0.1) is 0 Å². The normalized spacial score (nSPS) is 10.7. The molecule has 0 saturated heterocycles. The lowest BCUT2D eigenvalue weighted by molar-refractivity contribution is 0.0705. The molecule has 0 atom stereocenters. The molecule has 0 radical (unpaired) electrons. The van der Waals surface area contributed by atoms with Gasteiger partial charge in [0, 0.05) is 0 Å². The molecule has 2 N–H and O–H groups in total. The molecule has 0 bridgehead atoms. The van der Waals surface area contributed by atoms with Crippen molar-refractivity contribution in [3.8, 4) is 22.6 Å². The maximum absolute atomic E-state index is 8.62.